The first-order valence-electron chi connectivity index (χ1n) is 5.88. The number of amides is 1. The summed E-state index contributed by atoms with van der Waals surface area (Å²) in [5.74, 6) is 1.15. The number of hydrogen-bond acceptors (Lipinski definition) is 4. The Morgan fingerprint density at radius 3 is 3.24 bits per heavy atom. The number of piperidine rings is 1. The Morgan fingerprint density at radius 2 is 2.53 bits per heavy atom. The van der Waals surface area contributed by atoms with Gasteiger partial charge < -0.3 is 10.6 Å². The fourth-order valence-corrected chi connectivity index (χ4v) is 2.80. The maximum atomic E-state index is 11.7. The van der Waals surface area contributed by atoms with E-state index in [0.717, 1.165) is 13.1 Å². The third-order valence-electron chi connectivity index (χ3n) is 2.63. The molecule has 1 aromatic heterocycles. The number of carbonyl (C=O) groups is 1. The number of aromatic nitrogens is 1. The van der Waals surface area contributed by atoms with Gasteiger partial charge in [0.05, 0.1) is 5.75 Å². The number of nitrogens with zero attached hydrogens (tertiary/aromatic N) is 1. The number of hydrogen-bond donors (Lipinski definition) is 2. The maximum Gasteiger partial charge on any atom is 0.235 e. The molecule has 2 heterocycles. The summed E-state index contributed by atoms with van der Waals surface area (Å²) in [5.41, 5.74) is 0. The van der Waals surface area contributed by atoms with Gasteiger partial charge in [-0.15, -0.1) is 11.8 Å². The van der Waals surface area contributed by atoms with E-state index in [4.69, 9.17) is 0 Å². The minimum atomic E-state index is 0.0271. The van der Waals surface area contributed by atoms with Gasteiger partial charge in [0.1, 0.15) is 5.82 Å². The Labute approximate surface area is 106 Å². The molecular weight excluding hydrogens is 234 g/mol. The maximum absolute atomic E-state index is 11.7. The molecule has 4 nitrogen and oxygen atoms in total. The number of rotatable bonds is 4. The van der Waals surface area contributed by atoms with Gasteiger partial charge in [0, 0.05) is 18.0 Å². The van der Waals surface area contributed by atoms with Crippen LogP contribution in [0.15, 0.2) is 24.4 Å². The summed E-state index contributed by atoms with van der Waals surface area (Å²) in [5, 5.41) is 6.70. The molecule has 1 unspecified atom stereocenters. The van der Waals surface area contributed by atoms with Crippen molar-refractivity contribution >= 4 is 23.5 Å². The monoisotopic (exact) mass is 251 g/mol. The molecule has 1 atom stereocenters. The van der Waals surface area contributed by atoms with E-state index in [-0.39, 0.29) is 5.91 Å². The van der Waals surface area contributed by atoms with Crippen molar-refractivity contribution in [1.29, 1.82) is 0 Å². The average molecular weight is 251 g/mol. The quantitative estimate of drug-likeness (QED) is 0.851. The average Bonchev–Trinajstić information content (AvgIpc) is 2.39. The predicted octanol–water partition coefficient (Wildman–Crippen LogP) is 1.51. The van der Waals surface area contributed by atoms with Gasteiger partial charge in [0.15, 0.2) is 0 Å². The molecule has 1 fully saturated rings. The van der Waals surface area contributed by atoms with Crippen molar-refractivity contribution in [1.82, 2.24) is 10.3 Å². The molecule has 1 amide bonds. The van der Waals surface area contributed by atoms with E-state index in [9.17, 15) is 4.79 Å². The normalized spacial score (nSPS) is 19.9. The van der Waals surface area contributed by atoms with E-state index in [1.54, 1.807) is 24.0 Å². The zero-order chi connectivity index (χ0) is 11.9. The summed E-state index contributed by atoms with van der Waals surface area (Å²) >= 11 is 1.72. The van der Waals surface area contributed by atoms with Gasteiger partial charge >= 0.3 is 0 Å². The molecule has 0 aromatic carbocycles. The van der Waals surface area contributed by atoms with Crippen LogP contribution in [0.25, 0.3) is 0 Å². The molecular formula is C12H17N3OS. The lowest BCUT2D eigenvalue weighted by atomic mass is 10.2. The first-order chi connectivity index (χ1) is 8.34. The van der Waals surface area contributed by atoms with Crippen molar-refractivity contribution in [2.45, 2.75) is 18.1 Å². The van der Waals surface area contributed by atoms with Crippen LogP contribution in [0.3, 0.4) is 0 Å². The van der Waals surface area contributed by atoms with Crippen molar-refractivity contribution < 1.29 is 4.79 Å². The van der Waals surface area contributed by atoms with Gasteiger partial charge in [-0.05, 0) is 31.5 Å². The Bertz CT molecular complexity index is 352. The third kappa shape index (κ3) is 4.36. The lowest BCUT2D eigenvalue weighted by Gasteiger charge is -2.21. The van der Waals surface area contributed by atoms with Gasteiger partial charge in [-0.3, -0.25) is 4.79 Å². The smallest absolute Gasteiger partial charge is 0.235 e. The first kappa shape index (κ1) is 12.4. The molecule has 0 saturated carbocycles. The molecule has 0 spiro atoms. The molecule has 2 N–H and O–H groups in total. The Kier molecular flexibility index (Phi) is 4.82. The lowest BCUT2D eigenvalue weighted by Crippen LogP contribution is -2.32. The highest BCUT2D eigenvalue weighted by Gasteiger charge is 2.14. The van der Waals surface area contributed by atoms with Crippen LogP contribution in [0.4, 0.5) is 5.82 Å². The number of anilines is 1. The van der Waals surface area contributed by atoms with Crippen LogP contribution in [0.1, 0.15) is 12.8 Å². The summed E-state index contributed by atoms with van der Waals surface area (Å²) in [4.78, 5) is 15.7. The number of nitrogens with one attached hydrogen (secondary N) is 2. The molecule has 1 aromatic rings. The molecule has 1 aliphatic rings. The second-order valence-electron chi connectivity index (χ2n) is 4.04. The SMILES string of the molecule is O=C(CSC1CCCNC1)Nc1ccccn1. The Hall–Kier alpha value is -1.07. The van der Waals surface area contributed by atoms with Crippen LogP contribution in [-0.2, 0) is 4.79 Å². The standard InChI is InChI=1S/C12H17N3OS/c16-12(15-11-5-1-2-7-14-11)9-17-10-4-3-6-13-8-10/h1-2,5,7,10,13H,3-4,6,8-9H2,(H,14,15,16). The van der Waals surface area contributed by atoms with Crippen LogP contribution in [0, 0.1) is 0 Å². The van der Waals surface area contributed by atoms with E-state index in [2.05, 4.69) is 15.6 Å². The fraction of sp³-hybridized carbons (Fsp3) is 0.500. The van der Waals surface area contributed by atoms with Gasteiger partial charge in [-0.25, -0.2) is 4.98 Å². The molecule has 2 rings (SSSR count). The van der Waals surface area contributed by atoms with Crippen molar-refractivity contribution in [2.75, 3.05) is 24.2 Å². The minimum absolute atomic E-state index is 0.0271. The molecule has 92 valence electrons. The van der Waals surface area contributed by atoms with Crippen LogP contribution < -0.4 is 10.6 Å². The highest BCUT2D eigenvalue weighted by Crippen LogP contribution is 2.18. The van der Waals surface area contributed by atoms with Crippen molar-refractivity contribution in [3.63, 3.8) is 0 Å². The fourth-order valence-electron chi connectivity index (χ4n) is 1.77. The largest absolute Gasteiger partial charge is 0.316 e. The van der Waals surface area contributed by atoms with E-state index in [0.29, 0.717) is 16.8 Å². The number of thioether (sulfide) groups is 1. The lowest BCUT2D eigenvalue weighted by molar-refractivity contribution is -0.113. The molecule has 1 saturated heterocycles. The molecule has 0 bridgehead atoms. The zero-order valence-corrected chi connectivity index (χ0v) is 10.5. The first-order valence-corrected chi connectivity index (χ1v) is 6.92. The van der Waals surface area contributed by atoms with Crippen molar-refractivity contribution in [3.05, 3.63) is 24.4 Å². The highest BCUT2D eigenvalue weighted by molar-refractivity contribution is 8.00. The van der Waals surface area contributed by atoms with E-state index in [1.165, 1.54) is 12.8 Å². The molecule has 17 heavy (non-hydrogen) atoms. The number of carbonyl (C=O) groups excluding carboxylic acids is 1. The van der Waals surface area contributed by atoms with Crippen molar-refractivity contribution in [2.24, 2.45) is 0 Å². The summed E-state index contributed by atoms with van der Waals surface area (Å²) in [6.07, 6.45) is 4.09. The second-order valence-corrected chi connectivity index (χ2v) is 5.33. The van der Waals surface area contributed by atoms with E-state index in [1.807, 2.05) is 12.1 Å². The molecule has 0 radical (unpaired) electrons. The van der Waals surface area contributed by atoms with E-state index < -0.39 is 0 Å². The van der Waals surface area contributed by atoms with Crippen LogP contribution in [-0.4, -0.2) is 35.0 Å². The molecule has 5 heteroatoms. The number of pyridine rings is 1. The summed E-state index contributed by atoms with van der Waals surface area (Å²) < 4.78 is 0. The van der Waals surface area contributed by atoms with E-state index >= 15 is 0 Å². The summed E-state index contributed by atoms with van der Waals surface area (Å²) in [6.45, 7) is 2.12. The Morgan fingerprint density at radius 1 is 1.59 bits per heavy atom. The van der Waals surface area contributed by atoms with Crippen LogP contribution in [0.2, 0.25) is 0 Å². The minimum Gasteiger partial charge on any atom is -0.316 e. The van der Waals surface area contributed by atoms with Crippen LogP contribution >= 0.6 is 11.8 Å². The summed E-state index contributed by atoms with van der Waals surface area (Å²) in [6, 6.07) is 5.49. The topological polar surface area (TPSA) is 54.0 Å². The predicted molar refractivity (Wildman–Crippen MR) is 71.2 cm³/mol. The zero-order valence-electron chi connectivity index (χ0n) is 9.69. The third-order valence-corrected chi connectivity index (χ3v) is 3.94. The molecule has 1 aliphatic heterocycles. The molecule has 0 aliphatic carbocycles. The van der Waals surface area contributed by atoms with Gasteiger partial charge in [-0.2, -0.15) is 0 Å². The highest BCUT2D eigenvalue weighted by atomic mass is 32.2. The second kappa shape index (κ2) is 6.61. The van der Waals surface area contributed by atoms with Gasteiger partial charge in [0.2, 0.25) is 5.91 Å². The van der Waals surface area contributed by atoms with Crippen LogP contribution in [0.5, 0.6) is 0 Å². The van der Waals surface area contributed by atoms with Gasteiger partial charge in [0.25, 0.3) is 0 Å². The summed E-state index contributed by atoms with van der Waals surface area (Å²) in [7, 11) is 0. The van der Waals surface area contributed by atoms with Gasteiger partial charge in [-0.1, -0.05) is 6.07 Å². The Balaban J connectivity index is 1.70. The van der Waals surface area contributed by atoms with Crippen molar-refractivity contribution in [3.8, 4) is 0 Å².